The van der Waals surface area contributed by atoms with Crippen molar-refractivity contribution in [2.75, 3.05) is 25.0 Å². The quantitative estimate of drug-likeness (QED) is 0.833. The molecular weight excluding hydrogens is 340 g/mol. The lowest BCUT2D eigenvalue weighted by Crippen LogP contribution is -2.39. The van der Waals surface area contributed by atoms with Gasteiger partial charge in [-0.1, -0.05) is 18.2 Å². The molecule has 0 bridgehead atoms. The van der Waals surface area contributed by atoms with Crippen LogP contribution in [-0.4, -0.2) is 47.0 Å². The molecule has 27 heavy (non-hydrogen) atoms. The monoisotopic (exact) mass is 364 g/mol. The Labute approximate surface area is 159 Å². The van der Waals surface area contributed by atoms with Crippen molar-refractivity contribution in [3.8, 4) is 5.75 Å². The summed E-state index contributed by atoms with van der Waals surface area (Å²) in [6, 6.07) is 8.24. The third kappa shape index (κ3) is 3.13. The van der Waals surface area contributed by atoms with Crippen molar-refractivity contribution in [3.05, 3.63) is 47.4 Å². The van der Waals surface area contributed by atoms with Crippen LogP contribution in [0.1, 0.15) is 29.7 Å². The summed E-state index contributed by atoms with van der Waals surface area (Å²) < 4.78 is 6.09. The van der Waals surface area contributed by atoms with Gasteiger partial charge in [-0.15, -0.1) is 0 Å². The first kappa shape index (κ1) is 16.5. The number of likely N-dealkylation sites (N-methyl/N-ethyl adjacent to an activating group) is 1. The number of hydrogen-bond acceptors (Lipinski definition) is 5. The molecule has 1 aromatic carbocycles. The molecule has 140 valence electrons. The average Bonchev–Trinajstić information content (AvgIpc) is 3.46. The summed E-state index contributed by atoms with van der Waals surface area (Å²) in [5.41, 5.74) is 3.44. The zero-order valence-electron chi connectivity index (χ0n) is 15.6. The second kappa shape index (κ2) is 6.51. The number of fused-ring (bicyclic) bond motifs is 2. The van der Waals surface area contributed by atoms with Gasteiger partial charge in [-0.25, -0.2) is 9.97 Å². The maximum atomic E-state index is 12.4. The predicted molar refractivity (Wildman–Crippen MR) is 102 cm³/mol. The van der Waals surface area contributed by atoms with Gasteiger partial charge in [0.25, 0.3) is 0 Å². The number of aromatic nitrogens is 2. The molecule has 1 atom stereocenters. The fourth-order valence-corrected chi connectivity index (χ4v) is 4.19. The maximum Gasteiger partial charge on any atom is 0.226 e. The number of carbonyl (C=O) groups excluding carboxylic acids is 1. The van der Waals surface area contributed by atoms with Crippen molar-refractivity contribution in [2.24, 2.45) is 5.92 Å². The molecule has 6 heteroatoms. The Bertz CT molecular complexity index is 855. The number of amides is 1. The van der Waals surface area contributed by atoms with Crippen molar-refractivity contribution < 1.29 is 9.53 Å². The Morgan fingerprint density at radius 3 is 2.96 bits per heavy atom. The lowest BCUT2D eigenvalue weighted by molar-refractivity contribution is -0.133. The Morgan fingerprint density at radius 2 is 2.15 bits per heavy atom. The predicted octanol–water partition coefficient (Wildman–Crippen LogP) is 2.21. The van der Waals surface area contributed by atoms with Crippen molar-refractivity contribution >= 4 is 11.7 Å². The highest BCUT2D eigenvalue weighted by Gasteiger charge is 2.35. The SMILES string of the molecule is CN(C[C@H]1Cc2ccccc2O1)c1ncnc2c1CCN(C(=O)C1CC1)C2. The first-order chi connectivity index (χ1) is 13.2. The van der Waals surface area contributed by atoms with Gasteiger partial charge in [-0.05, 0) is 30.9 Å². The van der Waals surface area contributed by atoms with Gasteiger partial charge >= 0.3 is 0 Å². The van der Waals surface area contributed by atoms with Gasteiger partial charge < -0.3 is 14.5 Å². The number of rotatable bonds is 4. The minimum Gasteiger partial charge on any atom is -0.488 e. The van der Waals surface area contributed by atoms with E-state index in [1.54, 1.807) is 6.33 Å². The summed E-state index contributed by atoms with van der Waals surface area (Å²) in [7, 11) is 2.07. The van der Waals surface area contributed by atoms with Crippen molar-refractivity contribution in [1.29, 1.82) is 0 Å². The molecule has 0 unspecified atom stereocenters. The smallest absolute Gasteiger partial charge is 0.226 e. The minimum atomic E-state index is 0.134. The molecule has 2 aliphatic heterocycles. The molecule has 6 nitrogen and oxygen atoms in total. The molecule has 1 aromatic heterocycles. The van der Waals surface area contributed by atoms with E-state index in [1.165, 1.54) is 11.1 Å². The van der Waals surface area contributed by atoms with Crippen LogP contribution in [0.15, 0.2) is 30.6 Å². The number of nitrogens with zero attached hydrogens (tertiary/aromatic N) is 4. The summed E-state index contributed by atoms with van der Waals surface area (Å²) in [4.78, 5) is 25.6. The third-order valence-electron chi connectivity index (χ3n) is 5.78. The van der Waals surface area contributed by atoms with E-state index in [0.29, 0.717) is 12.5 Å². The number of ether oxygens (including phenoxy) is 1. The summed E-state index contributed by atoms with van der Waals surface area (Å²) in [5.74, 6) is 2.52. The van der Waals surface area contributed by atoms with E-state index in [9.17, 15) is 4.79 Å². The van der Waals surface area contributed by atoms with Crippen LogP contribution in [0, 0.1) is 5.92 Å². The molecule has 0 N–H and O–H groups in total. The fraction of sp³-hybridized carbons (Fsp3) is 0.476. The Morgan fingerprint density at radius 1 is 1.30 bits per heavy atom. The zero-order valence-corrected chi connectivity index (χ0v) is 15.6. The summed E-state index contributed by atoms with van der Waals surface area (Å²) in [6.07, 6.45) is 5.60. The minimum absolute atomic E-state index is 0.134. The van der Waals surface area contributed by atoms with Gasteiger partial charge in [-0.3, -0.25) is 4.79 Å². The fourth-order valence-electron chi connectivity index (χ4n) is 4.19. The van der Waals surface area contributed by atoms with Crippen molar-refractivity contribution in [1.82, 2.24) is 14.9 Å². The standard InChI is InChI=1S/C21H24N4O2/c1-24(11-16-10-15-4-2-3-5-19(15)27-16)20-17-8-9-25(21(26)14-6-7-14)12-18(17)22-13-23-20/h2-5,13-14,16H,6-12H2,1H3/t16-/m1/s1. The number of anilines is 1. The van der Waals surface area contributed by atoms with Crippen LogP contribution >= 0.6 is 0 Å². The molecule has 0 radical (unpaired) electrons. The Hall–Kier alpha value is -2.63. The average molecular weight is 364 g/mol. The molecule has 1 saturated carbocycles. The number of para-hydroxylation sites is 1. The Kier molecular flexibility index (Phi) is 3.99. The molecule has 1 fully saturated rings. The highest BCUT2D eigenvalue weighted by molar-refractivity contribution is 5.81. The highest BCUT2D eigenvalue weighted by atomic mass is 16.5. The second-order valence-electron chi connectivity index (χ2n) is 7.84. The van der Waals surface area contributed by atoms with Crippen molar-refractivity contribution in [3.63, 3.8) is 0 Å². The van der Waals surface area contributed by atoms with Gasteiger partial charge in [-0.2, -0.15) is 0 Å². The molecule has 3 heterocycles. The molecule has 0 spiro atoms. The Balaban J connectivity index is 1.30. The normalized spacial score (nSPS) is 20.6. The van der Waals surface area contributed by atoms with Gasteiger partial charge in [0.05, 0.1) is 18.8 Å². The van der Waals surface area contributed by atoms with Crippen LogP contribution in [0.4, 0.5) is 5.82 Å². The molecule has 5 rings (SSSR count). The van der Waals surface area contributed by atoms with E-state index in [4.69, 9.17) is 4.74 Å². The lowest BCUT2D eigenvalue weighted by Gasteiger charge is -2.31. The number of hydrogen-bond donors (Lipinski definition) is 0. The number of benzene rings is 1. The lowest BCUT2D eigenvalue weighted by atomic mass is 10.0. The summed E-state index contributed by atoms with van der Waals surface area (Å²) in [6.45, 7) is 2.16. The molecule has 1 amide bonds. The van der Waals surface area contributed by atoms with Crippen LogP contribution < -0.4 is 9.64 Å². The topological polar surface area (TPSA) is 58.6 Å². The van der Waals surface area contributed by atoms with E-state index >= 15 is 0 Å². The van der Waals surface area contributed by atoms with E-state index < -0.39 is 0 Å². The van der Waals surface area contributed by atoms with Crippen LogP contribution in [-0.2, 0) is 24.2 Å². The van der Waals surface area contributed by atoms with E-state index in [1.807, 2.05) is 17.0 Å². The molecule has 2 aromatic rings. The zero-order chi connectivity index (χ0) is 18.4. The number of carbonyl (C=O) groups is 1. The van der Waals surface area contributed by atoms with Crippen LogP contribution in [0.3, 0.4) is 0 Å². The van der Waals surface area contributed by atoms with Gasteiger partial charge in [0.1, 0.15) is 24.0 Å². The second-order valence-corrected chi connectivity index (χ2v) is 7.84. The largest absolute Gasteiger partial charge is 0.488 e. The van der Waals surface area contributed by atoms with E-state index in [2.05, 4.69) is 34.0 Å². The van der Waals surface area contributed by atoms with E-state index in [0.717, 1.165) is 56.0 Å². The first-order valence-corrected chi connectivity index (χ1v) is 9.76. The van der Waals surface area contributed by atoms with Crippen LogP contribution in [0.2, 0.25) is 0 Å². The molecular formula is C21H24N4O2. The third-order valence-corrected chi connectivity index (χ3v) is 5.78. The molecule has 3 aliphatic rings. The van der Waals surface area contributed by atoms with Gasteiger partial charge in [0, 0.05) is 31.5 Å². The van der Waals surface area contributed by atoms with Crippen LogP contribution in [0.25, 0.3) is 0 Å². The molecule has 0 saturated heterocycles. The van der Waals surface area contributed by atoms with E-state index in [-0.39, 0.29) is 12.0 Å². The first-order valence-electron chi connectivity index (χ1n) is 9.76. The highest BCUT2D eigenvalue weighted by Crippen LogP contribution is 2.34. The van der Waals surface area contributed by atoms with Crippen molar-refractivity contribution in [2.45, 2.75) is 38.3 Å². The van der Waals surface area contributed by atoms with Gasteiger partial charge in [0.15, 0.2) is 0 Å². The summed E-state index contributed by atoms with van der Waals surface area (Å²) >= 11 is 0. The van der Waals surface area contributed by atoms with Crippen LogP contribution in [0.5, 0.6) is 5.75 Å². The maximum absolute atomic E-state index is 12.4. The molecule has 1 aliphatic carbocycles. The van der Waals surface area contributed by atoms with Gasteiger partial charge in [0.2, 0.25) is 5.91 Å². The summed E-state index contributed by atoms with van der Waals surface area (Å²) in [5, 5.41) is 0.